The maximum atomic E-state index is 9.53. The van der Waals surface area contributed by atoms with E-state index >= 15 is 0 Å². The smallest absolute Gasteiger partial charge is 0.119 e. The highest BCUT2D eigenvalue weighted by Crippen LogP contribution is 2.14. The van der Waals surface area contributed by atoms with Gasteiger partial charge in [-0.2, -0.15) is 0 Å². The Labute approximate surface area is 90.9 Å². The second kappa shape index (κ2) is 6.43. The molecule has 3 heteroatoms. The standard InChI is InChI=1S/C12H19NO2/c1-15-12-4-2-3-10(9-12)5-6-11(14)7-8-13/h2-4,9,11,14H,5-8,13H2,1H3. The molecule has 1 unspecified atom stereocenters. The van der Waals surface area contributed by atoms with Gasteiger partial charge in [-0.05, 0) is 43.5 Å². The monoisotopic (exact) mass is 209 g/mol. The summed E-state index contributed by atoms with van der Waals surface area (Å²) < 4.78 is 5.13. The second-order valence-electron chi connectivity index (χ2n) is 3.62. The van der Waals surface area contributed by atoms with Crippen LogP contribution in [0.25, 0.3) is 0 Å². The van der Waals surface area contributed by atoms with Gasteiger partial charge in [0.15, 0.2) is 0 Å². The summed E-state index contributed by atoms with van der Waals surface area (Å²) in [6, 6.07) is 7.91. The first-order valence-electron chi connectivity index (χ1n) is 5.27. The van der Waals surface area contributed by atoms with Crippen molar-refractivity contribution < 1.29 is 9.84 Å². The van der Waals surface area contributed by atoms with E-state index in [1.54, 1.807) is 7.11 Å². The predicted octanol–water partition coefficient (Wildman–Crippen LogP) is 1.34. The van der Waals surface area contributed by atoms with Gasteiger partial charge in [0.2, 0.25) is 0 Å². The fourth-order valence-electron chi connectivity index (χ4n) is 1.50. The largest absolute Gasteiger partial charge is 0.497 e. The number of hydrogen-bond donors (Lipinski definition) is 2. The van der Waals surface area contributed by atoms with Crippen molar-refractivity contribution in [1.82, 2.24) is 0 Å². The first-order valence-corrected chi connectivity index (χ1v) is 5.27. The van der Waals surface area contributed by atoms with Crippen molar-refractivity contribution in [3.8, 4) is 5.75 Å². The fourth-order valence-corrected chi connectivity index (χ4v) is 1.50. The van der Waals surface area contributed by atoms with Gasteiger partial charge in [0.05, 0.1) is 13.2 Å². The van der Waals surface area contributed by atoms with Crippen molar-refractivity contribution in [2.75, 3.05) is 13.7 Å². The van der Waals surface area contributed by atoms with Gasteiger partial charge in [0, 0.05) is 0 Å². The summed E-state index contributed by atoms with van der Waals surface area (Å²) >= 11 is 0. The molecule has 0 aliphatic rings. The highest BCUT2D eigenvalue weighted by Gasteiger charge is 2.03. The Balaban J connectivity index is 2.43. The lowest BCUT2D eigenvalue weighted by molar-refractivity contribution is 0.157. The van der Waals surface area contributed by atoms with Crippen LogP contribution in [0.1, 0.15) is 18.4 Å². The van der Waals surface area contributed by atoms with Crippen molar-refractivity contribution in [1.29, 1.82) is 0 Å². The van der Waals surface area contributed by atoms with Crippen molar-refractivity contribution in [2.24, 2.45) is 5.73 Å². The third kappa shape index (κ3) is 4.32. The molecule has 84 valence electrons. The summed E-state index contributed by atoms with van der Waals surface area (Å²) in [6.07, 6.45) is 1.99. The van der Waals surface area contributed by atoms with Crippen LogP contribution in [-0.4, -0.2) is 24.9 Å². The van der Waals surface area contributed by atoms with Gasteiger partial charge in [0.25, 0.3) is 0 Å². The van der Waals surface area contributed by atoms with Crippen LogP contribution in [0.3, 0.4) is 0 Å². The van der Waals surface area contributed by atoms with Crippen LogP contribution in [0.4, 0.5) is 0 Å². The van der Waals surface area contributed by atoms with Gasteiger partial charge in [-0.15, -0.1) is 0 Å². The quantitative estimate of drug-likeness (QED) is 0.743. The highest BCUT2D eigenvalue weighted by atomic mass is 16.5. The van der Waals surface area contributed by atoms with Crippen LogP contribution in [-0.2, 0) is 6.42 Å². The second-order valence-corrected chi connectivity index (χ2v) is 3.62. The summed E-state index contributed by atoms with van der Waals surface area (Å²) in [4.78, 5) is 0. The molecule has 1 aromatic carbocycles. The van der Waals surface area contributed by atoms with Gasteiger partial charge in [0.1, 0.15) is 5.75 Å². The highest BCUT2D eigenvalue weighted by molar-refractivity contribution is 5.28. The van der Waals surface area contributed by atoms with E-state index in [4.69, 9.17) is 10.5 Å². The van der Waals surface area contributed by atoms with Crippen LogP contribution in [0, 0.1) is 0 Å². The number of aryl methyl sites for hydroxylation is 1. The van der Waals surface area contributed by atoms with Gasteiger partial charge < -0.3 is 15.6 Å². The molecule has 0 heterocycles. The molecule has 1 rings (SSSR count). The van der Waals surface area contributed by atoms with Crippen molar-refractivity contribution in [3.63, 3.8) is 0 Å². The molecule has 15 heavy (non-hydrogen) atoms. The Bertz CT molecular complexity index is 289. The van der Waals surface area contributed by atoms with E-state index in [0.717, 1.165) is 18.6 Å². The van der Waals surface area contributed by atoms with Crippen LogP contribution in [0.15, 0.2) is 24.3 Å². The number of ether oxygens (including phenoxy) is 1. The lowest BCUT2D eigenvalue weighted by atomic mass is 10.0. The van der Waals surface area contributed by atoms with E-state index in [0.29, 0.717) is 13.0 Å². The molecule has 1 atom stereocenters. The number of methoxy groups -OCH3 is 1. The molecule has 0 fully saturated rings. The van der Waals surface area contributed by atoms with Gasteiger partial charge in [-0.25, -0.2) is 0 Å². The van der Waals surface area contributed by atoms with Crippen LogP contribution >= 0.6 is 0 Å². The number of hydrogen-bond acceptors (Lipinski definition) is 3. The van der Waals surface area contributed by atoms with Crippen molar-refractivity contribution in [2.45, 2.75) is 25.4 Å². The number of aliphatic hydroxyl groups excluding tert-OH is 1. The first kappa shape index (κ1) is 12.0. The minimum Gasteiger partial charge on any atom is -0.497 e. The molecule has 3 nitrogen and oxygen atoms in total. The third-order valence-corrected chi connectivity index (χ3v) is 2.40. The van der Waals surface area contributed by atoms with Crippen molar-refractivity contribution in [3.05, 3.63) is 29.8 Å². The van der Waals surface area contributed by atoms with E-state index in [2.05, 4.69) is 0 Å². The molecule has 0 aliphatic heterocycles. The minimum absolute atomic E-state index is 0.291. The molecule has 0 spiro atoms. The predicted molar refractivity (Wildman–Crippen MR) is 61.0 cm³/mol. The summed E-state index contributed by atoms with van der Waals surface area (Å²) in [5, 5.41) is 9.53. The zero-order valence-electron chi connectivity index (χ0n) is 9.15. The molecule has 0 aromatic heterocycles. The van der Waals surface area contributed by atoms with E-state index < -0.39 is 0 Å². The van der Waals surface area contributed by atoms with Gasteiger partial charge >= 0.3 is 0 Å². The molecule has 0 aliphatic carbocycles. The Hall–Kier alpha value is -1.06. The first-order chi connectivity index (χ1) is 7.26. The van der Waals surface area contributed by atoms with E-state index in [-0.39, 0.29) is 6.10 Å². The summed E-state index contributed by atoms with van der Waals surface area (Å²) in [5.74, 6) is 0.862. The topological polar surface area (TPSA) is 55.5 Å². The number of nitrogens with two attached hydrogens (primary N) is 1. The van der Waals surface area contributed by atoms with Crippen LogP contribution < -0.4 is 10.5 Å². The zero-order chi connectivity index (χ0) is 11.1. The Morgan fingerprint density at radius 2 is 2.20 bits per heavy atom. The summed E-state index contributed by atoms with van der Waals surface area (Å²) in [5.41, 5.74) is 6.55. The number of benzene rings is 1. The molecule has 3 N–H and O–H groups in total. The molecular weight excluding hydrogens is 190 g/mol. The number of rotatable bonds is 6. The summed E-state index contributed by atoms with van der Waals surface area (Å²) in [7, 11) is 1.66. The average molecular weight is 209 g/mol. The number of aliphatic hydroxyl groups is 1. The average Bonchev–Trinajstić information content (AvgIpc) is 2.27. The van der Waals surface area contributed by atoms with E-state index in [1.165, 1.54) is 5.56 Å². The molecule has 0 saturated carbocycles. The maximum Gasteiger partial charge on any atom is 0.119 e. The Morgan fingerprint density at radius 3 is 2.87 bits per heavy atom. The normalized spacial score (nSPS) is 12.5. The lowest BCUT2D eigenvalue weighted by Crippen LogP contribution is -2.14. The van der Waals surface area contributed by atoms with Crippen LogP contribution in [0.2, 0.25) is 0 Å². The molecule has 1 aromatic rings. The lowest BCUT2D eigenvalue weighted by Gasteiger charge is -2.09. The minimum atomic E-state index is -0.291. The van der Waals surface area contributed by atoms with Gasteiger partial charge in [-0.1, -0.05) is 12.1 Å². The zero-order valence-corrected chi connectivity index (χ0v) is 9.15. The van der Waals surface area contributed by atoms with E-state index in [9.17, 15) is 5.11 Å². The fraction of sp³-hybridized carbons (Fsp3) is 0.500. The third-order valence-electron chi connectivity index (χ3n) is 2.40. The van der Waals surface area contributed by atoms with Crippen LogP contribution in [0.5, 0.6) is 5.75 Å². The molecule has 0 amide bonds. The van der Waals surface area contributed by atoms with Crippen molar-refractivity contribution >= 4 is 0 Å². The molecule has 0 radical (unpaired) electrons. The Kier molecular flexibility index (Phi) is 5.15. The summed E-state index contributed by atoms with van der Waals surface area (Å²) in [6.45, 7) is 0.541. The van der Waals surface area contributed by atoms with E-state index in [1.807, 2.05) is 24.3 Å². The molecule has 0 saturated heterocycles. The SMILES string of the molecule is COc1cccc(CCC(O)CCN)c1. The maximum absolute atomic E-state index is 9.53. The van der Waals surface area contributed by atoms with Gasteiger partial charge in [-0.3, -0.25) is 0 Å². The Morgan fingerprint density at radius 1 is 1.40 bits per heavy atom. The molecule has 0 bridgehead atoms. The molecular formula is C12H19NO2.